The van der Waals surface area contributed by atoms with Crippen molar-refractivity contribution in [2.75, 3.05) is 13.1 Å². The summed E-state index contributed by atoms with van der Waals surface area (Å²) in [5.41, 5.74) is 2.20. The summed E-state index contributed by atoms with van der Waals surface area (Å²) in [6.07, 6.45) is 0.933. The summed E-state index contributed by atoms with van der Waals surface area (Å²) < 4.78 is 32.7. The molecular weight excluding hydrogens is 374 g/mol. The van der Waals surface area contributed by atoms with Gasteiger partial charge in [-0.15, -0.1) is 0 Å². The topological polar surface area (TPSA) is 63.7 Å². The number of sulfonamides is 1. The summed E-state index contributed by atoms with van der Waals surface area (Å²) >= 11 is 0. The molecule has 1 fully saturated rings. The molecule has 0 aliphatic carbocycles. The predicted octanol–water partition coefficient (Wildman–Crippen LogP) is 4.12. The van der Waals surface area contributed by atoms with Gasteiger partial charge in [-0.2, -0.15) is 4.31 Å². The van der Waals surface area contributed by atoms with E-state index in [0.717, 1.165) is 11.1 Å². The van der Waals surface area contributed by atoms with Crippen LogP contribution in [0.15, 0.2) is 53.4 Å². The largest absolute Gasteiger partial charge is 0.426 e. The lowest BCUT2D eigenvalue weighted by Crippen LogP contribution is -2.41. The number of piperidine rings is 1. The minimum Gasteiger partial charge on any atom is -0.426 e. The molecule has 0 saturated carbocycles. The van der Waals surface area contributed by atoms with Gasteiger partial charge in [0.1, 0.15) is 5.75 Å². The molecule has 150 valence electrons. The third kappa shape index (κ3) is 4.62. The van der Waals surface area contributed by atoms with E-state index in [1.54, 1.807) is 24.3 Å². The normalized spacial score (nSPS) is 16.3. The van der Waals surface area contributed by atoms with E-state index in [1.165, 1.54) is 4.31 Å². The lowest BCUT2D eigenvalue weighted by molar-refractivity contribution is -0.140. The first-order chi connectivity index (χ1) is 13.3. The Balaban J connectivity index is 1.60. The predicted molar refractivity (Wildman–Crippen MR) is 109 cm³/mol. The van der Waals surface area contributed by atoms with E-state index in [2.05, 4.69) is 13.8 Å². The van der Waals surface area contributed by atoms with Crippen molar-refractivity contribution in [2.45, 2.75) is 44.4 Å². The van der Waals surface area contributed by atoms with Gasteiger partial charge in [-0.1, -0.05) is 43.7 Å². The standard InChI is InChI=1S/C22H27NO4S/c1-16(2)18-6-10-21(11-7-18)28(25,26)23-14-12-19(13-15-23)22(24)27-20-8-4-17(3)5-9-20/h4-11,16,19H,12-15H2,1-3H3. The molecule has 5 nitrogen and oxygen atoms in total. The fourth-order valence-electron chi connectivity index (χ4n) is 3.31. The molecule has 0 atom stereocenters. The zero-order chi connectivity index (χ0) is 20.3. The summed E-state index contributed by atoms with van der Waals surface area (Å²) in [6, 6.07) is 14.4. The van der Waals surface area contributed by atoms with Crippen molar-refractivity contribution in [1.29, 1.82) is 0 Å². The van der Waals surface area contributed by atoms with Crippen LogP contribution in [-0.4, -0.2) is 31.8 Å². The average molecular weight is 402 g/mol. The molecule has 1 aliphatic heterocycles. The van der Waals surface area contributed by atoms with Crippen LogP contribution in [0.5, 0.6) is 5.75 Å². The molecule has 2 aromatic rings. The number of nitrogens with zero attached hydrogens (tertiary/aromatic N) is 1. The molecule has 1 saturated heterocycles. The van der Waals surface area contributed by atoms with Gasteiger partial charge in [0.15, 0.2) is 0 Å². The molecule has 0 aromatic heterocycles. The van der Waals surface area contributed by atoms with E-state index in [4.69, 9.17) is 4.74 Å². The second kappa shape index (κ2) is 8.45. The van der Waals surface area contributed by atoms with Gasteiger partial charge < -0.3 is 4.74 Å². The van der Waals surface area contributed by atoms with E-state index >= 15 is 0 Å². The van der Waals surface area contributed by atoms with Crippen molar-refractivity contribution in [3.05, 3.63) is 59.7 Å². The molecule has 0 unspecified atom stereocenters. The summed E-state index contributed by atoms with van der Waals surface area (Å²) in [4.78, 5) is 12.7. The number of carbonyl (C=O) groups excluding carboxylic acids is 1. The number of ether oxygens (including phenoxy) is 1. The number of esters is 1. The number of hydrogen-bond donors (Lipinski definition) is 0. The summed E-state index contributed by atoms with van der Waals surface area (Å²) in [7, 11) is -3.54. The number of benzene rings is 2. The zero-order valence-electron chi connectivity index (χ0n) is 16.6. The molecule has 1 heterocycles. The second-order valence-corrected chi connectivity index (χ2v) is 9.57. The van der Waals surface area contributed by atoms with E-state index in [-0.39, 0.29) is 11.9 Å². The smallest absolute Gasteiger partial charge is 0.314 e. The maximum atomic E-state index is 12.9. The summed E-state index contributed by atoms with van der Waals surface area (Å²) in [6.45, 7) is 6.76. The third-order valence-corrected chi connectivity index (χ3v) is 7.12. The molecular formula is C22H27NO4S. The van der Waals surface area contributed by atoms with Crippen LogP contribution < -0.4 is 4.74 Å². The average Bonchev–Trinajstić information content (AvgIpc) is 2.70. The van der Waals surface area contributed by atoms with Crippen molar-refractivity contribution in [3.8, 4) is 5.75 Å². The highest BCUT2D eigenvalue weighted by atomic mass is 32.2. The minimum absolute atomic E-state index is 0.281. The van der Waals surface area contributed by atoms with E-state index in [9.17, 15) is 13.2 Å². The van der Waals surface area contributed by atoms with Crippen LogP contribution in [0.25, 0.3) is 0 Å². The number of rotatable bonds is 5. The van der Waals surface area contributed by atoms with Gasteiger partial charge in [0.2, 0.25) is 10.0 Å². The van der Waals surface area contributed by atoms with Gasteiger partial charge in [-0.3, -0.25) is 4.79 Å². The van der Waals surface area contributed by atoms with Crippen LogP contribution >= 0.6 is 0 Å². The Morgan fingerprint density at radius 1 is 1.00 bits per heavy atom. The Kier molecular flexibility index (Phi) is 6.20. The van der Waals surface area contributed by atoms with Crippen LogP contribution in [-0.2, 0) is 14.8 Å². The first-order valence-electron chi connectivity index (χ1n) is 9.66. The fraction of sp³-hybridized carbons (Fsp3) is 0.409. The molecule has 0 spiro atoms. The third-order valence-electron chi connectivity index (χ3n) is 5.21. The number of carbonyl (C=O) groups is 1. The molecule has 0 N–H and O–H groups in total. The number of hydrogen-bond acceptors (Lipinski definition) is 4. The van der Waals surface area contributed by atoms with Crippen LogP contribution in [0.4, 0.5) is 0 Å². The van der Waals surface area contributed by atoms with Gasteiger partial charge in [-0.05, 0) is 55.5 Å². The van der Waals surface area contributed by atoms with Gasteiger partial charge in [-0.25, -0.2) is 8.42 Å². The van der Waals surface area contributed by atoms with Crippen molar-refractivity contribution in [3.63, 3.8) is 0 Å². The Bertz CT molecular complexity index is 910. The van der Waals surface area contributed by atoms with E-state index in [1.807, 2.05) is 31.2 Å². The first-order valence-corrected chi connectivity index (χ1v) is 11.1. The zero-order valence-corrected chi connectivity index (χ0v) is 17.4. The summed E-state index contributed by atoms with van der Waals surface area (Å²) in [5.74, 6) is 0.307. The molecule has 6 heteroatoms. The SMILES string of the molecule is Cc1ccc(OC(=O)C2CCN(S(=O)(=O)c3ccc(C(C)C)cc3)CC2)cc1. The van der Waals surface area contributed by atoms with Crippen molar-refractivity contribution in [2.24, 2.45) is 5.92 Å². The van der Waals surface area contributed by atoms with Crippen molar-refractivity contribution in [1.82, 2.24) is 4.31 Å². The Labute approximate surface area is 167 Å². The van der Waals surface area contributed by atoms with Crippen LogP contribution in [0, 0.1) is 12.8 Å². The van der Waals surface area contributed by atoms with E-state index in [0.29, 0.717) is 42.5 Å². The fourth-order valence-corrected chi connectivity index (χ4v) is 4.78. The highest BCUT2D eigenvalue weighted by Gasteiger charge is 2.33. The minimum atomic E-state index is -3.54. The number of aryl methyl sites for hydroxylation is 1. The monoisotopic (exact) mass is 401 g/mol. The highest BCUT2D eigenvalue weighted by Crippen LogP contribution is 2.26. The van der Waals surface area contributed by atoms with Gasteiger partial charge >= 0.3 is 5.97 Å². The summed E-state index contributed by atoms with van der Waals surface area (Å²) in [5, 5.41) is 0. The van der Waals surface area contributed by atoms with Gasteiger partial charge in [0, 0.05) is 13.1 Å². The maximum absolute atomic E-state index is 12.9. The Morgan fingerprint density at radius 3 is 2.11 bits per heavy atom. The maximum Gasteiger partial charge on any atom is 0.314 e. The first kappa shape index (κ1) is 20.6. The molecule has 3 rings (SSSR count). The quantitative estimate of drug-likeness (QED) is 0.558. The molecule has 0 bridgehead atoms. The molecule has 0 amide bonds. The lowest BCUT2D eigenvalue weighted by Gasteiger charge is -2.30. The molecule has 28 heavy (non-hydrogen) atoms. The van der Waals surface area contributed by atoms with Crippen LogP contribution in [0.2, 0.25) is 0 Å². The molecule has 2 aromatic carbocycles. The van der Waals surface area contributed by atoms with E-state index < -0.39 is 10.0 Å². The second-order valence-electron chi connectivity index (χ2n) is 7.64. The Hall–Kier alpha value is -2.18. The molecule has 0 radical (unpaired) electrons. The highest BCUT2D eigenvalue weighted by molar-refractivity contribution is 7.89. The Morgan fingerprint density at radius 2 is 1.57 bits per heavy atom. The van der Waals surface area contributed by atoms with Gasteiger partial charge in [0.25, 0.3) is 0 Å². The van der Waals surface area contributed by atoms with Crippen LogP contribution in [0.3, 0.4) is 0 Å². The van der Waals surface area contributed by atoms with Crippen LogP contribution in [0.1, 0.15) is 43.7 Å². The van der Waals surface area contributed by atoms with Crippen molar-refractivity contribution < 1.29 is 17.9 Å². The lowest BCUT2D eigenvalue weighted by atomic mass is 9.98. The molecule has 1 aliphatic rings. The van der Waals surface area contributed by atoms with Crippen molar-refractivity contribution >= 4 is 16.0 Å². The van der Waals surface area contributed by atoms with Gasteiger partial charge in [0.05, 0.1) is 10.8 Å².